The van der Waals surface area contributed by atoms with E-state index in [0.29, 0.717) is 15.8 Å². The van der Waals surface area contributed by atoms with Crippen LogP contribution in [-0.4, -0.2) is 21.6 Å². The van der Waals surface area contributed by atoms with Crippen LogP contribution in [0, 0.1) is 6.92 Å². The lowest BCUT2D eigenvalue weighted by Gasteiger charge is -2.09. The number of hydrogen-bond acceptors (Lipinski definition) is 3. The van der Waals surface area contributed by atoms with Gasteiger partial charge in [-0.3, -0.25) is 0 Å². The highest BCUT2D eigenvalue weighted by molar-refractivity contribution is 7.89. The molecular formula is C15H15Cl2NO3S. The number of benzene rings is 2. The molecule has 0 saturated heterocycles. The molecule has 0 aliphatic carbocycles. The summed E-state index contributed by atoms with van der Waals surface area (Å²) < 4.78 is 32.0. The van der Waals surface area contributed by atoms with Crippen LogP contribution in [0.1, 0.15) is 5.56 Å². The summed E-state index contributed by atoms with van der Waals surface area (Å²) in [5.41, 5.74) is 0.904. The molecule has 118 valence electrons. The fourth-order valence-electron chi connectivity index (χ4n) is 1.75. The van der Waals surface area contributed by atoms with Crippen molar-refractivity contribution in [1.82, 2.24) is 4.72 Å². The van der Waals surface area contributed by atoms with E-state index < -0.39 is 10.0 Å². The number of aryl methyl sites for hydroxylation is 1. The molecule has 0 aromatic heterocycles. The average Bonchev–Trinajstić information content (AvgIpc) is 2.48. The van der Waals surface area contributed by atoms with E-state index in [1.807, 2.05) is 6.92 Å². The molecule has 1 N–H and O–H groups in total. The minimum Gasteiger partial charge on any atom is -0.492 e. The predicted molar refractivity (Wildman–Crippen MR) is 88.3 cm³/mol. The average molecular weight is 360 g/mol. The van der Waals surface area contributed by atoms with Crippen molar-refractivity contribution in [1.29, 1.82) is 0 Å². The summed E-state index contributed by atoms with van der Waals surface area (Å²) in [5, 5.41) is 1.15. The summed E-state index contributed by atoms with van der Waals surface area (Å²) in [6, 6.07) is 11.2. The van der Waals surface area contributed by atoms with Gasteiger partial charge in [0.25, 0.3) is 0 Å². The first-order chi connectivity index (χ1) is 10.4. The zero-order valence-corrected chi connectivity index (χ0v) is 14.2. The Hall–Kier alpha value is -1.27. The number of hydrogen-bond donors (Lipinski definition) is 1. The zero-order chi connectivity index (χ0) is 16.2. The SMILES string of the molecule is Cc1cc(OCCNS(=O)(=O)c2ccc(Cl)cc2)ccc1Cl. The molecule has 2 aromatic carbocycles. The smallest absolute Gasteiger partial charge is 0.240 e. The van der Waals surface area contributed by atoms with Crippen LogP contribution in [0.15, 0.2) is 47.4 Å². The number of halogens is 2. The molecule has 2 rings (SSSR count). The van der Waals surface area contributed by atoms with E-state index in [1.54, 1.807) is 18.2 Å². The second-order valence-electron chi connectivity index (χ2n) is 4.61. The Labute approximate surface area is 140 Å². The van der Waals surface area contributed by atoms with E-state index in [9.17, 15) is 8.42 Å². The van der Waals surface area contributed by atoms with E-state index in [1.165, 1.54) is 24.3 Å². The van der Waals surface area contributed by atoms with Crippen LogP contribution in [-0.2, 0) is 10.0 Å². The molecule has 0 saturated carbocycles. The molecular weight excluding hydrogens is 345 g/mol. The lowest BCUT2D eigenvalue weighted by Crippen LogP contribution is -2.28. The highest BCUT2D eigenvalue weighted by atomic mass is 35.5. The number of rotatable bonds is 6. The maximum Gasteiger partial charge on any atom is 0.240 e. The Morgan fingerprint density at radius 2 is 1.77 bits per heavy atom. The van der Waals surface area contributed by atoms with Gasteiger partial charge in [0.2, 0.25) is 10.0 Å². The van der Waals surface area contributed by atoms with Gasteiger partial charge in [-0.2, -0.15) is 0 Å². The number of ether oxygens (including phenoxy) is 1. The summed E-state index contributed by atoms with van der Waals surface area (Å²) >= 11 is 11.7. The molecule has 0 heterocycles. The number of nitrogens with one attached hydrogen (secondary N) is 1. The van der Waals surface area contributed by atoms with Gasteiger partial charge in [-0.25, -0.2) is 13.1 Å². The van der Waals surface area contributed by atoms with Gasteiger partial charge >= 0.3 is 0 Å². The molecule has 0 spiro atoms. The van der Waals surface area contributed by atoms with Gasteiger partial charge in [-0.15, -0.1) is 0 Å². The first-order valence-corrected chi connectivity index (χ1v) is 8.76. The second-order valence-corrected chi connectivity index (χ2v) is 7.22. The third kappa shape index (κ3) is 4.61. The van der Waals surface area contributed by atoms with Crippen molar-refractivity contribution in [3.05, 3.63) is 58.1 Å². The topological polar surface area (TPSA) is 55.4 Å². The summed E-state index contributed by atoms with van der Waals surface area (Å²) in [5.74, 6) is 0.646. The van der Waals surface area contributed by atoms with Gasteiger partial charge < -0.3 is 4.74 Å². The quantitative estimate of drug-likeness (QED) is 0.800. The van der Waals surface area contributed by atoms with Gasteiger partial charge in [0.05, 0.1) is 4.90 Å². The highest BCUT2D eigenvalue weighted by Gasteiger charge is 2.12. The van der Waals surface area contributed by atoms with E-state index >= 15 is 0 Å². The fraction of sp³-hybridized carbons (Fsp3) is 0.200. The van der Waals surface area contributed by atoms with Crippen molar-refractivity contribution in [3.8, 4) is 5.75 Å². The largest absolute Gasteiger partial charge is 0.492 e. The lowest BCUT2D eigenvalue weighted by atomic mass is 10.2. The molecule has 0 amide bonds. The first kappa shape index (κ1) is 17.1. The second kappa shape index (κ2) is 7.33. The van der Waals surface area contributed by atoms with Gasteiger partial charge in [0.1, 0.15) is 12.4 Å². The Balaban J connectivity index is 1.87. The molecule has 0 fully saturated rings. The summed E-state index contributed by atoms with van der Waals surface area (Å²) in [7, 11) is -3.56. The Morgan fingerprint density at radius 1 is 1.09 bits per heavy atom. The molecule has 4 nitrogen and oxygen atoms in total. The minimum absolute atomic E-state index is 0.159. The molecule has 22 heavy (non-hydrogen) atoms. The number of sulfonamides is 1. The molecule has 7 heteroatoms. The van der Waals surface area contributed by atoms with Crippen molar-refractivity contribution in [3.63, 3.8) is 0 Å². The van der Waals surface area contributed by atoms with E-state index in [2.05, 4.69) is 4.72 Å². The van der Waals surface area contributed by atoms with Crippen LogP contribution in [0.25, 0.3) is 0 Å². The molecule has 2 aromatic rings. The first-order valence-electron chi connectivity index (χ1n) is 6.53. The maximum absolute atomic E-state index is 12.0. The third-order valence-electron chi connectivity index (χ3n) is 2.92. The Kier molecular flexibility index (Phi) is 5.69. The van der Waals surface area contributed by atoms with Crippen LogP contribution in [0.5, 0.6) is 5.75 Å². The molecule has 0 atom stereocenters. The fourth-order valence-corrected chi connectivity index (χ4v) is 3.01. The molecule has 0 unspecified atom stereocenters. The standard InChI is InChI=1S/C15H15Cl2NO3S/c1-11-10-13(4-7-15(11)17)21-9-8-18-22(19,20)14-5-2-12(16)3-6-14/h2-7,10,18H,8-9H2,1H3. The van der Waals surface area contributed by atoms with E-state index in [4.69, 9.17) is 27.9 Å². The monoisotopic (exact) mass is 359 g/mol. The van der Waals surface area contributed by atoms with E-state index in [-0.39, 0.29) is 18.0 Å². The van der Waals surface area contributed by atoms with Crippen LogP contribution in [0.4, 0.5) is 0 Å². The Morgan fingerprint density at radius 3 is 2.41 bits per heavy atom. The van der Waals surface area contributed by atoms with Crippen LogP contribution >= 0.6 is 23.2 Å². The van der Waals surface area contributed by atoms with Crippen molar-refractivity contribution in [2.24, 2.45) is 0 Å². The summed E-state index contributed by atoms with van der Waals surface area (Å²) in [4.78, 5) is 0.166. The van der Waals surface area contributed by atoms with Crippen molar-refractivity contribution < 1.29 is 13.2 Å². The summed E-state index contributed by atoms with van der Waals surface area (Å²) in [6.45, 7) is 2.25. The van der Waals surface area contributed by atoms with Crippen LogP contribution in [0.3, 0.4) is 0 Å². The van der Waals surface area contributed by atoms with E-state index in [0.717, 1.165) is 5.56 Å². The molecule has 0 bridgehead atoms. The van der Waals surface area contributed by atoms with Crippen molar-refractivity contribution in [2.45, 2.75) is 11.8 Å². The molecule has 0 aliphatic rings. The van der Waals surface area contributed by atoms with Gasteiger partial charge in [-0.1, -0.05) is 23.2 Å². The van der Waals surface area contributed by atoms with Gasteiger partial charge in [-0.05, 0) is 55.0 Å². The lowest BCUT2D eigenvalue weighted by molar-refractivity contribution is 0.322. The zero-order valence-electron chi connectivity index (χ0n) is 11.8. The molecule has 0 aliphatic heterocycles. The maximum atomic E-state index is 12.0. The Bertz CT molecular complexity index is 746. The highest BCUT2D eigenvalue weighted by Crippen LogP contribution is 2.20. The van der Waals surface area contributed by atoms with Gasteiger partial charge in [0, 0.05) is 16.6 Å². The predicted octanol–water partition coefficient (Wildman–Crippen LogP) is 3.66. The molecule has 0 radical (unpaired) electrons. The minimum atomic E-state index is -3.56. The van der Waals surface area contributed by atoms with Crippen LogP contribution in [0.2, 0.25) is 10.0 Å². The van der Waals surface area contributed by atoms with Gasteiger partial charge in [0.15, 0.2) is 0 Å². The van der Waals surface area contributed by atoms with Crippen molar-refractivity contribution >= 4 is 33.2 Å². The van der Waals surface area contributed by atoms with Crippen molar-refractivity contribution in [2.75, 3.05) is 13.2 Å². The summed E-state index contributed by atoms with van der Waals surface area (Å²) in [6.07, 6.45) is 0. The normalized spacial score (nSPS) is 11.4. The third-order valence-corrected chi connectivity index (χ3v) is 5.07. The van der Waals surface area contributed by atoms with Crippen LogP contribution < -0.4 is 9.46 Å².